The number of hydrogen-bond donors (Lipinski definition) is 1. The smallest absolute Gasteiger partial charge is 0.305 e. The maximum atomic E-state index is 12.6. The Hall–Kier alpha value is -2.19. The van der Waals surface area contributed by atoms with E-state index in [0.717, 1.165) is 0 Å². The molecule has 0 radical (unpaired) electrons. The summed E-state index contributed by atoms with van der Waals surface area (Å²) in [6.45, 7) is 1.73. The number of carboxylic acid groups (broad SMARTS) is 1. The number of amides is 1. The lowest BCUT2D eigenvalue weighted by Gasteiger charge is -2.34. The van der Waals surface area contributed by atoms with Crippen LogP contribution in [0.5, 0.6) is 5.88 Å². The highest BCUT2D eigenvalue weighted by Crippen LogP contribution is 2.17. The molecule has 1 aliphatic rings. The lowest BCUT2D eigenvalue weighted by Crippen LogP contribution is -2.49. The van der Waals surface area contributed by atoms with Crippen LogP contribution in [-0.4, -0.2) is 73.0 Å². The summed E-state index contributed by atoms with van der Waals surface area (Å²) in [6.07, 6.45) is 1.34. The third kappa shape index (κ3) is 4.90. The van der Waals surface area contributed by atoms with Crippen LogP contribution >= 0.6 is 0 Å². The van der Waals surface area contributed by atoms with Crippen LogP contribution in [0.15, 0.2) is 18.3 Å². The molecule has 0 saturated carbocycles. The Morgan fingerprint density at radius 3 is 3.04 bits per heavy atom. The van der Waals surface area contributed by atoms with Gasteiger partial charge in [-0.2, -0.15) is 0 Å². The fourth-order valence-electron chi connectivity index (χ4n) is 2.31. The Kier molecular flexibility index (Phi) is 6.30. The molecule has 8 nitrogen and oxygen atoms in total. The van der Waals surface area contributed by atoms with E-state index < -0.39 is 12.0 Å². The molecule has 1 aromatic rings. The second-order valence-corrected chi connectivity index (χ2v) is 5.05. The SMILES string of the molecule is COCCOc1cc(C(=O)N2CCOCC2CC(=O)O)ccn1. The second-order valence-electron chi connectivity index (χ2n) is 5.05. The summed E-state index contributed by atoms with van der Waals surface area (Å²) in [5, 5.41) is 8.97. The summed E-state index contributed by atoms with van der Waals surface area (Å²) in [5.41, 5.74) is 0.407. The molecule has 1 fully saturated rings. The number of methoxy groups -OCH3 is 1. The zero-order chi connectivity index (χ0) is 16.7. The number of rotatable bonds is 7. The summed E-state index contributed by atoms with van der Waals surface area (Å²) in [5.74, 6) is -0.883. The average molecular weight is 324 g/mol. The lowest BCUT2D eigenvalue weighted by molar-refractivity contribution is -0.139. The number of aromatic nitrogens is 1. The van der Waals surface area contributed by atoms with Gasteiger partial charge >= 0.3 is 5.97 Å². The standard InChI is InChI=1S/C15H20N2O6/c1-21-6-7-23-13-8-11(2-3-16-13)15(20)17-4-5-22-10-12(17)9-14(18)19/h2-3,8,12H,4-7,9-10H2,1H3,(H,18,19). The first-order valence-corrected chi connectivity index (χ1v) is 7.30. The summed E-state index contributed by atoms with van der Waals surface area (Å²) >= 11 is 0. The molecular weight excluding hydrogens is 304 g/mol. The number of ether oxygens (including phenoxy) is 3. The number of nitrogens with zero attached hydrogens (tertiary/aromatic N) is 2. The van der Waals surface area contributed by atoms with Crippen LogP contribution in [0.1, 0.15) is 16.8 Å². The fraction of sp³-hybridized carbons (Fsp3) is 0.533. The number of carbonyl (C=O) groups excluding carboxylic acids is 1. The van der Waals surface area contributed by atoms with Gasteiger partial charge in [-0.05, 0) is 6.07 Å². The molecule has 0 aliphatic carbocycles. The van der Waals surface area contributed by atoms with E-state index >= 15 is 0 Å². The predicted octanol–water partition coefficient (Wildman–Crippen LogP) is 0.422. The molecule has 1 atom stereocenters. The van der Waals surface area contributed by atoms with E-state index in [0.29, 0.717) is 37.8 Å². The van der Waals surface area contributed by atoms with Crippen molar-refractivity contribution in [2.75, 3.05) is 40.1 Å². The largest absolute Gasteiger partial charge is 0.481 e. The van der Waals surface area contributed by atoms with Crippen LogP contribution in [-0.2, 0) is 14.3 Å². The van der Waals surface area contributed by atoms with Gasteiger partial charge in [0.1, 0.15) is 6.61 Å². The van der Waals surface area contributed by atoms with E-state index in [9.17, 15) is 9.59 Å². The molecule has 1 N–H and O–H groups in total. The van der Waals surface area contributed by atoms with Crippen molar-refractivity contribution in [1.82, 2.24) is 9.88 Å². The van der Waals surface area contributed by atoms with Crippen molar-refractivity contribution in [3.63, 3.8) is 0 Å². The zero-order valence-electron chi connectivity index (χ0n) is 12.9. The van der Waals surface area contributed by atoms with Crippen molar-refractivity contribution < 1.29 is 28.9 Å². The molecule has 1 unspecified atom stereocenters. The van der Waals surface area contributed by atoms with Gasteiger partial charge in [0.05, 0.1) is 32.3 Å². The summed E-state index contributed by atoms with van der Waals surface area (Å²) in [7, 11) is 1.57. The highest BCUT2D eigenvalue weighted by atomic mass is 16.5. The number of aliphatic carboxylic acids is 1. The van der Waals surface area contributed by atoms with Gasteiger partial charge in [-0.25, -0.2) is 4.98 Å². The van der Waals surface area contributed by atoms with Crippen molar-refractivity contribution >= 4 is 11.9 Å². The Morgan fingerprint density at radius 2 is 2.30 bits per heavy atom. The molecule has 1 aliphatic heterocycles. The van der Waals surface area contributed by atoms with Crippen molar-refractivity contribution in [1.29, 1.82) is 0 Å². The Bertz CT molecular complexity index is 551. The van der Waals surface area contributed by atoms with Gasteiger partial charge in [-0.3, -0.25) is 9.59 Å². The van der Waals surface area contributed by atoms with Crippen LogP contribution in [0, 0.1) is 0 Å². The molecule has 1 aromatic heterocycles. The maximum absolute atomic E-state index is 12.6. The molecule has 1 saturated heterocycles. The molecular formula is C15H20N2O6. The van der Waals surface area contributed by atoms with E-state index in [-0.39, 0.29) is 18.9 Å². The monoisotopic (exact) mass is 324 g/mol. The van der Waals surface area contributed by atoms with Gasteiger partial charge in [0, 0.05) is 31.5 Å². The van der Waals surface area contributed by atoms with Crippen LogP contribution in [0.2, 0.25) is 0 Å². The van der Waals surface area contributed by atoms with E-state index in [4.69, 9.17) is 19.3 Å². The van der Waals surface area contributed by atoms with Crippen LogP contribution in [0.4, 0.5) is 0 Å². The minimum atomic E-state index is -0.961. The molecule has 126 valence electrons. The van der Waals surface area contributed by atoms with Gasteiger partial charge < -0.3 is 24.2 Å². The first-order chi connectivity index (χ1) is 11.1. The molecule has 0 aromatic carbocycles. The second kappa shape index (κ2) is 8.44. The van der Waals surface area contributed by atoms with E-state index in [1.165, 1.54) is 11.1 Å². The third-order valence-corrected chi connectivity index (χ3v) is 3.42. The minimum Gasteiger partial charge on any atom is -0.481 e. The van der Waals surface area contributed by atoms with Crippen molar-refractivity contribution in [3.8, 4) is 5.88 Å². The van der Waals surface area contributed by atoms with Crippen LogP contribution in [0.25, 0.3) is 0 Å². The Morgan fingerprint density at radius 1 is 1.48 bits per heavy atom. The minimum absolute atomic E-state index is 0.145. The Balaban J connectivity index is 2.08. The summed E-state index contributed by atoms with van der Waals surface area (Å²) in [6, 6.07) is 2.66. The van der Waals surface area contributed by atoms with Crippen molar-refractivity contribution in [2.24, 2.45) is 0 Å². The van der Waals surface area contributed by atoms with Crippen LogP contribution < -0.4 is 4.74 Å². The number of carbonyl (C=O) groups is 2. The summed E-state index contributed by atoms with van der Waals surface area (Å²) in [4.78, 5) is 29.2. The lowest BCUT2D eigenvalue weighted by atomic mass is 10.1. The van der Waals surface area contributed by atoms with Crippen molar-refractivity contribution in [3.05, 3.63) is 23.9 Å². The normalized spacial score (nSPS) is 17.8. The zero-order valence-corrected chi connectivity index (χ0v) is 12.9. The molecule has 1 amide bonds. The number of carboxylic acids is 1. The van der Waals surface area contributed by atoms with Gasteiger partial charge in [0.2, 0.25) is 5.88 Å². The first kappa shape index (κ1) is 17.2. The van der Waals surface area contributed by atoms with Gasteiger partial charge in [0.25, 0.3) is 5.91 Å². The number of hydrogen-bond acceptors (Lipinski definition) is 6. The Labute approximate surface area is 134 Å². The topological polar surface area (TPSA) is 98.2 Å². The molecule has 23 heavy (non-hydrogen) atoms. The number of pyridine rings is 1. The fourth-order valence-corrected chi connectivity index (χ4v) is 2.31. The third-order valence-electron chi connectivity index (χ3n) is 3.42. The highest BCUT2D eigenvalue weighted by Gasteiger charge is 2.30. The van der Waals surface area contributed by atoms with E-state index in [1.807, 2.05) is 0 Å². The molecule has 2 heterocycles. The average Bonchev–Trinajstić information content (AvgIpc) is 2.55. The highest BCUT2D eigenvalue weighted by molar-refractivity contribution is 5.95. The molecule has 0 bridgehead atoms. The van der Waals surface area contributed by atoms with Crippen LogP contribution in [0.3, 0.4) is 0 Å². The van der Waals surface area contributed by atoms with Gasteiger partial charge in [0.15, 0.2) is 0 Å². The maximum Gasteiger partial charge on any atom is 0.305 e. The van der Waals surface area contributed by atoms with Crippen molar-refractivity contribution in [2.45, 2.75) is 12.5 Å². The van der Waals surface area contributed by atoms with E-state index in [2.05, 4.69) is 4.98 Å². The predicted molar refractivity (Wildman–Crippen MR) is 79.5 cm³/mol. The molecule has 2 rings (SSSR count). The first-order valence-electron chi connectivity index (χ1n) is 7.30. The molecule has 8 heteroatoms. The van der Waals surface area contributed by atoms with Gasteiger partial charge in [-0.1, -0.05) is 0 Å². The quantitative estimate of drug-likeness (QED) is 0.726. The van der Waals surface area contributed by atoms with E-state index in [1.54, 1.807) is 19.2 Å². The summed E-state index contributed by atoms with van der Waals surface area (Å²) < 4.78 is 15.6. The van der Waals surface area contributed by atoms with Gasteiger partial charge in [-0.15, -0.1) is 0 Å². The molecule has 0 spiro atoms. The number of morpholine rings is 1.